The van der Waals surface area contributed by atoms with Crippen LogP contribution in [-0.4, -0.2) is 27.3 Å². The van der Waals surface area contributed by atoms with Crippen LogP contribution in [0.1, 0.15) is 21.6 Å². The number of fused-ring (bicyclic) bond motifs is 1. The molecule has 0 fully saturated rings. The van der Waals surface area contributed by atoms with Crippen LogP contribution in [0.5, 0.6) is 0 Å². The van der Waals surface area contributed by atoms with E-state index in [2.05, 4.69) is 9.97 Å². The van der Waals surface area contributed by atoms with E-state index in [9.17, 15) is 18.0 Å². The summed E-state index contributed by atoms with van der Waals surface area (Å²) in [5.74, 6) is -0.445. The number of rotatable bonds is 3. The average molecular weight is 456 g/mol. The monoisotopic (exact) mass is 455 g/mol. The standard InChI is InChI=1S/C22H13ClF3N5O/c1-30(16-7-4-14(9-27)17(23)8-16)21(32)18-12-31-19(10-29-20(31)11-28-18)13-2-5-15(6-3-13)22(24,25)26/h2-8,10-12H,1H3. The van der Waals surface area contributed by atoms with Gasteiger partial charge in [0.1, 0.15) is 11.8 Å². The molecule has 0 radical (unpaired) electrons. The number of benzene rings is 2. The molecule has 0 saturated heterocycles. The van der Waals surface area contributed by atoms with E-state index in [4.69, 9.17) is 16.9 Å². The Hall–Kier alpha value is -3.90. The van der Waals surface area contributed by atoms with Crippen LogP contribution in [0.25, 0.3) is 16.9 Å². The molecule has 0 bridgehead atoms. The Labute approximate surface area is 185 Å². The van der Waals surface area contributed by atoms with Gasteiger partial charge in [-0.15, -0.1) is 0 Å². The van der Waals surface area contributed by atoms with Crippen LogP contribution in [0, 0.1) is 11.3 Å². The molecule has 2 aromatic carbocycles. The zero-order chi connectivity index (χ0) is 23.0. The predicted molar refractivity (Wildman–Crippen MR) is 112 cm³/mol. The van der Waals surface area contributed by atoms with E-state index in [1.54, 1.807) is 10.5 Å². The summed E-state index contributed by atoms with van der Waals surface area (Å²) in [5, 5.41) is 9.22. The van der Waals surface area contributed by atoms with E-state index in [0.29, 0.717) is 22.6 Å². The smallest absolute Gasteiger partial charge is 0.310 e. The largest absolute Gasteiger partial charge is 0.416 e. The summed E-state index contributed by atoms with van der Waals surface area (Å²) in [6.07, 6.45) is -0.0573. The lowest BCUT2D eigenvalue weighted by Gasteiger charge is -2.17. The molecule has 0 saturated carbocycles. The van der Waals surface area contributed by atoms with Crippen molar-refractivity contribution in [1.29, 1.82) is 5.26 Å². The van der Waals surface area contributed by atoms with Gasteiger partial charge in [0.05, 0.1) is 34.2 Å². The maximum absolute atomic E-state index is 13.0. The highest BCUT2D eigenvalue weighted by Gasteiger charge is 2.30. The number of hydrogen-bond acceptors (Lipinski definition) is 4. The number of aromatic nitrogens is 3. The van der Waals surface area contributed by atoms with Gasteiger partial charge in [0, 0.05) is 24.5 Å². The van der Waals surface area contributed by atoms with Gasteiger partial charge in [-0.3, -0.25) is 9.20 Å². The molecule has 0 atom stereocenters. The van der Waals surface area contributed by atoms with Crippen molar-refractivity contribution in [3.63, 3.8) is 0 Å². The summed E-state index contributed by atoms with van der Waals surface area (Å²) in [6, 6.07) is 11.2. The molecule has 0 aliphatic carbocycles. The van der Waals surface area contributed by atoms with E-state index in [1.807, 2.05) is 6.07 Å². The van der Waals surface area contributed by atoms with Gasteiger partial charge in [-0.05, 0) is 30.3 Å². The van der Waals surface area contributed by atoms with Crippen molar-refractivity contribution >= 4 is 28.8 Å². The van der Waals surface area contributed by atoms with Crippen LogP contribution >= 0.6 is 11.6 Å². The van der Waals surface area contributed by atoms with Crippen LogP contribution in [0.3, 0.4) is 0 Å². The second-order valence-electron chi connectivity index (χ2n) is 6.86. The van der Waals surface area contributed by atoms with E-state index in [1.165, 1.54) is 54.8 Å². The molecular weight excluding hydrogens is 443 g/mol. The lowest BCUT2D eigenvalue weighted by Crippen LogP contribution is -2.27. The number of nitrogens with zero attached hydrogens (tertiary/aromatic N) is 5. The first-order valence-electron chi connectivity index (χ1n) is 9.17. The molecular formula is C22H13ClF3N5O. The topological polar surface area (TPSA) is 74.3 Å². The highest BCUT2D eigenvalue weighted by Crippen LogP contribution is 2.31. The normalized spacial score (nSPS) is 11.4. The molecule has 2 aromatic heterocycles. The molecule has 32 heavy (non-hydrogen) atoms. The average Bonchev–Trinajstić information content (AvgIpc) is 3.20. The molecule has 6 nitrogen and oxygen atoms in total. The van der Waals surface area contributed by atoms with Crippen molar-refractivity contribution in [2.24, 2.45) is 0 Å². The Morgan fingerprint density at radius 3 is 2.47 bits per heavy atom. The summed E-state index contributed by atoms with van der Waals surface area (Å²) < 4.78 is 40.1. The minimum absolute atomic E-state index is 0.0895. The van der Waals surface area contributed by atoms with Crippen molar-refractivity contribution in [3.8, 4) is 17.3 Å². The first-order chi connectivity index (χ1) is 15.2. The van der Waals surface area contributed by atoms with Crippen LogP contribution in [0.2, 0.25) is 5.02 Å². The fraction of sp³-hybridized carbons (Fsp3) is 0.0909. The minimum Gasteiger partial charge on any atom is -0.310 e. The zero-order valence-electron chi connectivity index (χ0n) is 16.4. The third kappa shape index (κ3) is 3.88. The summed E-state index contributed by atoms with van der Waals surface area (Å²) in [4.78, 5) is 22.7. The zero-order valence-corrected chi connectivity index (χ0v) is 17.2. The molecule has 0 aliphatic rings. The first kappa shape index (κ1) is 21.3. The van der Waals surface area contributed by atoms with Crippen molar-refractivity contribution in [1.82, 2.24) is 14.4 Å². The number of amides is 1. The Morgan fingerprint density at radius 1 is 1.12 bits per heavy atom. The summed E-state index contributed by atoms with van der Waals surface area (Å²) >= 11 is 6.06. The van der Waals surface area contributed by atoms with E-state index in [0.717, 1.165) is 12.1 Å². The van der Waals surface area contributed by atoms with Gasteiger partial charge in [-0.1, -0.05) is 23.7 Å². The van der Waals surface area contributed by atoms with E-state index < -0.39 is 17.6 Å². The molecule has 1 amide bonds. The number of alkyl halides is 3. The predicted octanol–water partition coefficient (Wildman–Crippen LogP) is 5.22. The molecule has 0 aliphatic heterocycles. The van der Waals surface area contributed by atoms with Crippen molar-refractivity contribution in [3.05, 3.63) is 82.9 Å². The molecule has 0 N–H and O–H groups in total. The number of anilines is 1. The summed E-state index contributed by atoms with van der Waals surface area (Å²) in [7, 11) is 1.54. The number of carbonyl (C=O) groups excluding carboxylic acids is 1. The molecule has 2 heterocycles. The number of nitriles is 1. The Kier molecular flexibility index (Phi) is 5.32. The van der Waals surface area contributed by atoms with Crippen LogP contribution in [-0.2, 0) is 6.18 Å². The Bertz CT molecular complexity index is 1370. The van der Waals surface area contributed by atoms with E-state index >= 15 is 0 Å². The third-order valence-corrected chi connectivity index (χ3v) is 5.20. The second kappa shape index (κ2) is 7.98. The van der Waals surface area contributed by atoms with Gasteiger partial charge >= 0.3 is 6.18 Å². The van der Waals surface area contributed by atoms with Crippen LogP contribution < -0.4 is 4.90 Å². The van der Waals surface area contributed by atoms with Gasteiger partial charge in [-0.2, -0.15) is 18.4 Å². The minimum atomic E-state index is -4.43. The number of halogens is 4. The number of hydrogen-bond donors (Lipinski definition) is 0. The van der Waals surface area contributed by atoms with Crippen LogP contribution in [0.4, 0.5) is 18.9 Å². The van der Waals surface area contributed by atoms with Gasteiger partial charge < -0.3 is 4.90 Å². The Balaban J connectivity index is 1.68. The molecule has 10 heteroatoms. The lowest BCUT2D eigenvalue weighted by atomic mass is 10.1. The molecule has 160 valence electrons. The van der Waals surface area contributed by atoms with Gasteiger partial charge in [0.2, 0.25) is 0 Å². The van der Waals surface area contributed by atoms with Crippen LogP contribution in [0.15, 0.2) is 61.1 Å². The third-order valence-electron chi connectivity index (χ3n) is 4.89. The molecule has 0 spiro atoms. The quantitative estimate of drug-likeness (QED) is 0.424. The summed E-state index contributed by atoms with van der Waals surface area (Å²) in [6.45, 7) is 0. The second-order valence-corrected chi connectivity index (χ2v) is 7.27. The van der Waals surface area contributed by atoms with Crippen molar-refractivity contribution in [2.45, 2.75) is 6.18 Å². The number of imidazole rings is 1. The summed E-state index contributed by atoms with van der Waals surface area (Å²) in [5.41, 5.74) is 1.53. The highest BCUT2D eigenvalue weighted by molar-refractivity contribution is 6.32. The number of carbonyl (C=O) groups is 1. The highest BCUT2D eigenvalue weighted by atomic mass is 35.5. The fourth-order valence-electron chi connectivity index (χ4n) is 3.14. The maximum atomic E-state index is 13.0. The molecule has 0 unspecified atom stereocenters. The molecule has 4 rings (SSSR count). The van der Waals surface area contributed by atoms with Gasteiger partial charge in [-0.25, -0.2) is 9.97 Å². The van der Waals surface area contributed by atoms with Crippen molar-refractivity contribution < 1.29 is 18.0 Å². The SMILES string of the molecule is CN(C(=O)c1cn2c(-c3ccc(C(F)(F)F)cc3)cnc2cn1)c1ccc(C#N)c(Cl)c1. The molecule has 4 aromatic rings. The van der Waals surface area contributed by atoms with Crippen molar-refractivity contribution in [2.75, 3.05) is 11.9 Å². The van der Waals surface area contributed by atoms with E-state index in [-0.39, 0.29) is 16.3 Å². The van der Waals surface area contributed by atoms with Gasteiger partial charge in [0.15, 0.2) is 5.65 Å². The van der Waals surface area contributed by atoms with Gasteiger partial charge in [0.25, 0.3) is 5.91 Å². The lowest BCUT2D eigenvalue weighted by molar-refractivity contribution is -0.137. The fourth-order valence-corrected chi connectivity index (χ4v) is 3.35. The first-order valence-corrected chi connectivity index (χ1v) is 9.55. The maximum Gasteiger partial charge on any atom is 0.416 e. The Morgan fingerprint density at radius 2 is 1.84 bits per heavy atom.